The van der Waals surface area contributed by atoms with Crippen molar-refractivity contribution in [3.8, 4) is 0 Å². The molecule has 1 N–H and O–H groups in total. The van der Waals surface area contributed by atoms with Gasteiger partial charge < -0.3 is 4.74 Å². The first-order valence-corrected chi connectivity index (χ1v) is 7.35. The number of carbonyl (C=O) groups excluding carboxylic acids is 1. The van der Waals surface area contributed by atoms with Gasteiger partial charge >= 0.3 is 5.97 Å². The van der Waals surface area contributed by atoms with Gasteiger partial charge in [0.2, 0.25) is 10.0 Å². The normalized spacial score (nSPS) is 12.3. The van der Waals surface area contributed by atoms with Crippen molar-refractivity contribution in [3.05, 3.63) is 28.8 Å². The van der Waals surface area contributed by atoms with Crippen LogP contribution >= 0.6 is 11.6 Å². The van der Waals surface area contributed by atoms with Crippen molar-refractivity contribution in [3.63, 3.8) is 0 Å². The summed E-state index contributed by atoms with van der Waals surface area (Å²) in [5.41, 5.74) is -0.523. The van der Waals surface area contributed by atoms with Crippen LogP contribution in [0.25, 0.3) is 0 Å². The predicted octanol–water partition coefficient (Wildman–Crippen LogP) is 2.20. The largest absolute Gasteiger partial charge is 0.465 e. The highest BCUT2D eigenvalue weighted by Crippen LogP contribution is 2.24. The topological polar surface area (TPSA) is 72.5 Å². The van der Waals surface area contributed by atoms with Crippen LogP contribution in [0.5, 0.6) is 0 Å². The van der Waals surface area contributed by atoms with Crippen molar-refractivity contribution >= 4 is 27.6 Å². The molecule has 0 bridgehead atoms. The number of hydrogen-bond acceptors (Lipinski definition) is 4. The molecular formula is C12H16ClNO4S. The summed E-state index contributed by atoms with van der Waals surface area (Å²) in [4.78, 5) is 11.3. The number of methoxy groups -OCH3 is 1. The molecule has 0 aliphatic carbocycles. The molecule has 0 aliphatic heterocycles. The van der Waals surface area contributed by atoms with Gasteiger partial charge in [-0.15, -0.1) is 0 Å². The first-order chi connectivity index (χ1) is 8.57. The summed E-state index contributed by atoms with van der Waals surface area (Å²) in [5.74, 6) is -0.621. The molecule has 1 aromatic rings. The number of ether oxygens (including phenoxy) is 1. The van der Waals surface area contributed by atoms with E-state index in [1.54, 1.807) is 20.8 Å². The average molecular weight is 306 g/mol. The Bertz CT molecular complexity index is 590. The molecule has 0 atom stereocenters. The minimum Gasteiger partial charge on any atom is -0.465 e. The van der Waals surface area contributed by atoms with Crippen molar-refractivity contribution in [1.82, 2.24) is 4.72 Å². The van der Waals surface area contributed by atoms with Crippen molar-refractivity contribution in [2.24, 2.45) is 0 Å². The minimum absolute atomic E-state index is 0.0457. The van der Waals surface area contributed by atoms with E-state index in [0.29, 0.717) is 0 Å². The van der Waals surface area contributed by atoms with E-state index in [2.05, 4.69) is 9.46 Å². The lowest BCUT2D eigenvalue weighted by Crippen LogP contribution is -2.40. The van der Waals surface area contributed by atoms with Crippen LogP contribution in [0.1, 0.15) is 31.1 Å². The maximum Gasteiger partial charge on any atom is 0.337 e. The second-order valence-electron chi connectivity index (χ2n) is 4.99. The molecule has 1 aromatic carbocycles. The van der Waals surface area contributed by atoms with Gasteiger partial charge in [0.25, 0.3) is 0 Å². The number of rotatable bonds is 3. The summed E-state index contributed by atoms with van der Waals surface area (Å²) in [7, 11) is -2.58. The summed E-state index contributed by atoms with van der Waals surface area (Å²) in [5, 5.41) is 0.0457. The molecule has 0 unspecified atom stereocenters. The Labute approximate surface area is 118 Å². The molecule has 0 aliphatic rings. The monoisotopic (exact) mass is 305 g/mol. The SMILES string of the molecule is COC(=O)c1ccc(Cl)c(S(=O)(=O)NC(C)(C)C)c1. The molecule has 19 heavy (non-hydrogen) atoms. The van der Waals surface area contributed by atoms with E-state index in [1.807, 2.05) is 0 Å². The van der Waals surface area contributed by atoms with Gasteiger partial charge in [-0.25, -0.2) is 17.9 Å². The molecule has 0 saturated heterocycles. The second-order valence-corrected chi connectivity index (χ2v) is 7.05. The van der Waals surface area contributed by atoms with Crippen LogP contribution in [0.4, 0.5) is 0 Å². The summed E-state index contributed by atoms with van der Waals surface area (Å²) < 4.78 is 31.4. The molecule has 5 nitrogen and oxygen atoms in total. The van der Waals surface area contributed by atoms with Crippen molar-refractivity contribution in [1.29, 1.82) is 0 Å². The number of nitrogens with one attached hydrogen (secondary N) is 1. The van der Waals surface area contributed by atoms with Crippen molar-refractivity contribution < 1.29 is 17.9 Å². The Kier molecular flexibility index (Phi) is 4.60. The van der Waals surface area contributed by atoms with E-state index in [9.17, 15) is 13.2 Å². The highest BCUT2D eigenvalue weighted by Gasteiger charge is 2.25. The zero-order chi connectivity index (χ0) is 14.8. The van der Waals surface area contributed by atoms with E-state index in [-0.39, 0.29) is 15.5 Å². The first-order valence-electron chi connectivity index (χ1n) is 5.49. The number of esters is 1. The summed E-state index contributed by atoms with van der Waals surface area (Å²) in [6.45, 7) is 5.13. The fourth-order valence-corrected chi connectivity index (χ4v) is 3.36. The van der Waals surface area contributed by atoms with Crippen LogP contribution in [0.3, 0.4) is 0 Å². The number of benzene rings is 1. The van der Waals surface area contributed by atoms with Gasteiger partial charge in [0.1, 0.15) is 4.90 Å². The third-order valence-electron chi connectivity index (χ3n) is 2.08. The molecule has 0 radical (unpaired) electrons. The maximum absolute atomic E-state index is 12.2. The van der Waals surface area contributed by atoms with E-state index < -0.39 is 21.5 Å². The van der Waals surface area contributed by atoms with Gasteiger partial charge in [0.05, 0.1) is 17.7 Å². The van der Waals surface area contributed by atoms with E-state index in [1.165, 1.54) is 25.3 Å². The van der Waals surface area contributed by atoms with Crippen LogP contribution in [-0.2, 0) is 14.8 Å². The quantitative estimate of drug-likeness (QED) is 0.869. The van der Waals surface area contributed by atoms with E-state index in [0.717, 1.165) is 0 Å². The van der Waals surface area contributed by atoms with E-state index in [4.69, 9.17) is 11.6 Å². The van der Waals surface area contributed by atoms with Crippen LogP contribution in [0, 0.1) is 0 Å². The molecule has 0 fully saturated rings. The fourth-order valence-electron chi connectivity index (χ4n) is 1.41. The highest BCUT2D eigenvalue weighted by molar-refractivity contribution is 7.89. The lowest BCUT2D eigenvalue weighted by atomic mass is 10.1. The first kappa shape index (κ1) is 15.9. The van der Waals surface area contributed by atoms with Gasteiger partial charge in [0.15, 0.2) is 0 Å². The molecule has 0 amide bonds. The summed E-state index contributed by atoms with van der Waals surface area (Å²) in [6.07, 6.45) is 0. The molecular weight excluding hydrogens is 290 g/mol. The third-order valence-corrected chi connectivity index (χ3v) is 4.32. The van der Waals surface area contributed by atoms with Gasteiger partial charge in [-0.1, -0.05) is 11.6 Å². The Morgan fingerprint density at radius 1 is 1.32 bits per heavy atom. The number of carbonyl (C=O) groups is 1. The lowest BCUT2D eigenvalue weighted by molar-refractivity contribution is 0.0600. The van der Waals surface area contributed by atoms with Crippen molar-refractivity contribution in [2.45, 2.75) is 31.2 Å². The van der Waals surface area contributed by atoms with Gasteiger partial charge in [0, 0.05) is 5.54 Å². The Morgan fingerprint density at radius 3 is 2.37 bits per heavy atom. The number of sulfonamides is 1. The molecule has 0 saturated carbocycles. The summed E-state index contributed by atoms with van der Waals surface area (Å²) in [6, 6.07) is 3.96. The van der Waals surface area contributed by atoms with Gasteiger partial charge in [-0.2, -0.15) is 0 Å². The molecule has 7 heteroatoms. The predicted molar refractivity (Wildman–Crippen MR) is 72.9 cm³/mol. The van der Waals surface area contributed by atoms with Crippen LogP contribution in [-0.4, -0.2) is 27.0 Å². The van der Waals surface area contributed by atoms with Gasteiger partial charge in [-0.3, -0.25) is 0 Å². The second kappa shape index (κ2) is 5.48. The lowest BCUT2D eigenvalue weighted by Gasteiger charge is -2.21. The third kappa shape index (κ3) is 4.19. The smallest absolute Gasteiger partial charge is 0.337 e. The Hall–Kier alpha value is -1.11. The average Bonchev–Trinajstić information content (AvgIpc) is 2.25. The molecule has 1 rings (SSSR count). The van der Waals surface area contributed by atoms with Crippen molar-refractivity contribution in [2.75, 3.05) is 7.11 Å². The van der Waals surface area contributed by atoms with Crippen LogP contribution in [0.15, 0.2) is 23.1 Å². The Balaban J connectivity index is 3.30. The van der Waals surface area contributed by atoms with Gasteiger partial charge in [-0.05, 0) is 39.0 Å². The highest BCUT2D eigenvalue weighted by atomic mass is 35.5. The van der Waals surface area contributed by atoms with Crippen LogP contribution in [0.2, 0.25) is 5.02 Å². The zero-order valence-corrected chi connectivity index (χ0v) is 12.7. The molecule has 106 valence electrons. The fraction of sp³-hybridized carbons (Fsp3) is 0.417. The standard InChI is InChI=1S/C12H16ClNO4S/c1-12(2,3)14-19(16,17)10-7-8(11(15)18-4)5-6-9(10)13/h5-7,14H,1-4H3. The minimum atomic E-state index is -3.80. The maximum atomic E-state index is 12.2. The summed E-state index contributed by atoms with van der Waals surface area (Å²) >= 11 is 5.89. The molecule has 0 heterocycles. The number of halogens is 1. The number of hydrogen-bond donors (Lipinski definition) is 1. The Morgan fingerprint density at radius 2 is 1.89 bits per heavy atom. The zero-order valence-electron chi connectivity index (χ0n) is 11.2. The van der Waals surface area contributed by atoms with E-state index >= 15 is 0 Å². The molecule has 0 spiro atoms. The molecule has 0 aromatic heterocycles. The van der Waals surface area contributed by atoms with Crippen LogP contribution < -0.4 is 4.72 Å².